The second-order valence-electron chi connectivity index (χ2n) is 6.11. The number of ether oxygens (including phenoxy) is 1. The lowest BCUT2D eigenvalue weighted by Crippen LogP contribution is -2.50. The van der Waals surface area contributed by atoms with Crippen LogP contribution < -0.4 is 4.90 Å². The van der Waals surface area contributed by atoms with Gasteiger partial charge in [0.25, 0.3) is 0 Å². The minimum absolute atomic E-state index is 0.0214. The fourth-order valence-corrected chi connectivity index (χ4v) is 2.75. The predicted octanol–water partition coefficient (Wildman–Crippen LogP) is 1.29. The van der Waals surface area contributed by atoms with E-state index in [2.05, 4.69) is 23.1 Å². The summed E-state index contributed by atoms with van der Waals surface area (Å²) in [7, 11) is 4.02. The van der Waals surface area contributed by atoms with Gasteiger partial charge in [-0.2, -0.15) is 0 Å². The van der Waals surface area contributed by atoms with Crippen molar-refractivity contribution >= 4 is 11.6 Å². The molecule has 2 rings (SSSR count). The Balaban J connectivity index is 1.90. The number of amides is 1. The zero-order valence-corrected chi connectivity index (χ0v) is 13.7. The molecular weight excluding hydrogens is 280 g/mol. The van der Waals surface area contributed by atoms with Crippen molar-refractivity contribution in [3.8, 4) is 0 Å². The van der Waals surface area contributed by atoms with E-state index in [0.717, 1.165) is 12.1 Å². The maximum atomic E-state index is 12.4. The summed E-state index contributed by atoms with van der Waals surface area (Å²) < 4.78 is 5.57. The largest absolute Gasteiger partial charge is 0.394 e. The summed E-state index contributed by atoms with van der Waals surface area (Å²) in [5.74, 6) is 0.129. The smallest absolute Gasteiger partial charge is 0.223 e. The average molecular weight is 306 g/mol. The van der Waals surface area contributed by atoms with Gasteiger partial charge in [-0.25, -0.2) is 0 Å². The highest BCUT2D eigenvalue weighted by Crippen LogP contribution is 2.16. The van der Waals surface area contributed by atoms with Gasteiger partial charge in [-0.05, 0) is 31.0 Å². The number of aliphatic hydroxyl groups is 1. The highest BCUT2D eigenvalue weighted by atomic mass is 16.5. The molecule has 1 aromatic carbocycles. The van der Waals surface area contributed by atoms with Crippen molar-refractivity contribution < 1.29 is 14.6 Å². The van der Waals surface area contributed by atoms with E-state index in [1.165, 1.54) is 5.56 Å². The van der Waals surface area contributed by atoms with E-state index in [0.29, 0.717) is 19.5 Å². The number of carbonyl (C=O) groups is 1. The normalized spacial score (nSPS) is 21.7. The molecule has 2 atom stereocenters. The minimum Gasteiger partial charge on any atom is -0.394 e. The quantitative estimate of drug-likeness (QED) is 0.891. The van der Waals surface area contributed by atoms with E-state index in [4.69, 9.17) is 4.74 Å². The molecule has 1 aromatic rings. The third kappa shape index (κ3) is 4.45. The molecule has 0 bridgehead atoms. The summed E-state index contributed by atoms with van der Waals surface area (Å²) in [6, 6.07) is 8.25. The van der Waals surface area contributed by atoms with E-state index in [1.807, 2.05) is 32.0 Å². The van der Waals surface area contributed by atoms with E-state index < -0.39 is 0 Å². The number of aliphatic hydroxyl groups excluding tert-OH is 1. The third-order valence-electron chi connectivity index (χ3n) is 3.94. The van der Waals surface area contributed by atoms with Crippen LogP contribution in [0.2, 0.25) is 0 Å². The zero-order chi connectivity index (χ0) is 16.1. The Morgan fingerprint density at radius 2 is 2.18 bits per heavy atom. The Kier molecular flexibility index (Phi) is 5.80. The number of rotatable bonds is 5. The third-order valence-corrected chi connectivity index (χ3v) is 3.94. The molecule has 0 unspecified atom stereocenters. The van der Waals surface area contributed by atoms with Crippen LogP contribution in [-0.4, -0.2) is 61.9 Å². The first-order valence-corrected chi connectivity index (χ1v) is 7.80. The second-order valence-corrected chi connectivity index (χ2v) is 6.11. The maximum absolute atomic E-state index is 12.4. The van der Waals surface area contributed by atoms with Crippen LogP contribution in [0.4, 0.5) is 5.69 Å². The first-order valence-electron chi connectivity index (χ1n) is 7.80. The Bertz CT molecular complexity index is 504. The number of hydrogen-bond acceptors (Lipinski definition) is 4. The standard InChI is InChI=1S/C17H26N2O3/c1-13-10-19(11-16(12-20)22-13)17(21)8-7-14-5-4-6-15(9-14)18(2)3/h4-6,9,13,16,20H,7-8,10-12H2,1-3H3/t13-,16+/m0/s1. The molecule has 1 saturated heterocycles. The molecule has 0 aromatic heterocycles. The highest BCUT2D eigenvalue weighted by molar-refractivity contribution is 5.76. The van der Waals surface area contributed by atoms with Gasteiger partial charge in [-0.1, -0.05) is 12.1 Å². The molecule has 5 heteroatoms. The molecule has 5 nitrogen and oxygen atoms in total. The first-order chi connectivity index (χ1) is 10.5. The molecule has 1 heterocycles. The van der Waals surface area contributed by atoms with Gasteiger partial charge in [0, 0.05) is 39.3 Å². The number of nitrogens with zero attached hydrogens (tertiary/aromatic N) is 2. The molecule has 122 valence electrons. The zero-order valence-electron chi connectivity index (χ0n) is 13.7. The maximum Gasteiger partial charge on any atom is 0.223 e. The van der Waals surface area contributed by atoms with Crippen LogP contribution in [0.15, 0.2) is 24.3 Å². The summed E-state index contributed by atoms with van der Waals surface area (Å²) in [4.78, 5) is 16.2. The van der Waals surface area contributed by atoms with Crippen molar-refractivity contribution in [2.45, 2.75) is 32.0 Å². The fraction of sp³-hybridized carbons (Fsp3) is 0.588. The van der Waals surface area contributed by atoms with E-state index in [-0.39, 0.29) is 24.7 Å². The lowest BCUT2D eigenvalue weighted by molar-refractivity contribution is -0.147. The summed E-state index contributed by atoms with van der Waals surface area (Å²) in [5.41, 5.74) is 2.31. The molecule has 1 amide bonds. The Hall–Kier alpha value is -1.59. The summed E-state index contributed by atoms with van der Waals surface area (Å²) >= 11 is 0. The summed E-state index contributed by atoms with van der Waals surface area (Å²) in [5, 5.41) is 9.23. The van der Waals surface area contributed by atoms with E-state index >= 15 is 0 Å². The molecule has 1 aliphatic heterocycles. The van der Waals surface area contributed by atoms with Gasteiger partial charge >= 0.3 is 0 Å². The number of morpholine rings is 1. The van der Waals surface area contributed by atoms with Crippen LogP contribution in [0.1, 0.15) is 18.9 Å². The molecule has 1 aliphatic rings. The van der Waals surface area contributed by atoms with Crippen molar-refractivity contribution in [2.75, 3.05) is 38.7 Å². The molecule has 22 heavy (non-hydrogen) atoms. The number of carbonyl (C=O) groups excluding carboxylic acids is 1. The van der Waals surface area contributed by atoms with E-state index in [1.54, 1.807) is 0 Å². The summed E-state index contributed by atoms with van der Waals surface area (Å²) in [6.45, 7) is 2.98. The van der Waals surface area contributed by atoms with Gasteiger partial charge < -0.3 is 19.6 Å². The number of anilines is 1. The Morgan fingerprint density at radius 3 is 2.86 bits per heavy atom. The van der Waals surface area contributed by atoms with Crippen LogP contribution in [0.25, 0.3) is 0 Å². The van der Waals surface area contributed by atoms with Crippen LogP contribution in [-0.2, 0) is 16.0 Å². The molecular formula is C17H26N2O3. The lowest BCUT2D eigenvalue weighted by atomic mass is 10.1. The van der Waals surface area contributed by atoms with E-state index in [9.17, 15) is 9.90 Å². The van der Waals surface area contributed by atoms with Gasteiger partial charge in [0.2, 0.25) is 5.91 Å². The molecule has 0 aliphatic carbocycles. The molecule has 0 saturated carbocycles. The average Bonchev–Trinajstić information content (AvgIpc) is 2.52. The monoisotopic (exact) mass is 306 g/mol. The van der Waals surface area contributed by atoms with Crippen molar-refractivity contribution in [1.82, 2.24) is 4.90 Å². The van der Waals surface area contributed by atoms with Crippen molar-refractivity contribution in [1.29, 1.82) is 0 Å². The first kappa shape index (κ1) is 16.8. The minimum atomic E-state index is -0.259. The van der Waals surface area contributed by atoms with Gasteiger partial charge in [0.1, 0.15) is 0 Å². The SMILES string of the molecule is C[C@H]1CN(C(=O)CCc2cccc(N(C)C)c2)C[C@H](CO)O1. The van der Waals surface area contributed by atoms with Crippen LogP contribution in [0.3, 0.4) is 0 Å². The number of benzene rings is 1. The predicted molar refractivity (Wildman–Crippen MR) is 87.1 cm³/mol. The van der Waals surface area contributed by atoms with Gasteiger partial charge in [0.05, 0.1) is 18.8 Å². The number of aryl methyl sites for hydroxylation is 1. The lowest BCUT2D eigenvalue weighted by Gasteiger charge is -2.36. The van der Waals surface area contributed by atoms with Crippen LogP contribution in [0.5, 0.6) is 0 Å². The van der Waals surface area contributed by atoms with Crippen molar-refractivity contribution in [3.05, 3.63) is 29.8 Å². The van der Waals surface area contributed by atoms with Gasteiger partial charge in [-0.3, -0.25) is 4.79 Å². The molecule has 0 spiro atoms. The second kappa shape index (κ2) is 7.61. The molecule has 0 radical (unpaired) electrons. The summed E-state index contributed by atoms with van der Waals surface area (Å²) in [6.07, 6.45) is 0.939. The number of hydrogen-bond donors (Lipinski definition) is 1. The molecule has 1 N–H and O–H groups in total. The topological polar surface area (TPSA) is 53.0 Å². The highest BCUT2D eigenvalue weighted by Gasteiger charge is 2.27. The van der Waals surface area contributed by atoms with Crippen molar-refractivity contribution in [2.24, 2.45) is 0 Å². The molecule has 1 fully saturated rings. The van der Waals surface area contributed by atoms with Crippen LogP contribution >= 0.6 is 0 Å². The van der Waals surface area contributed by atoms with Crippen molar-refractivity contribution in [3.63, 3.8) is 0 Å². The van der Waals surface area contributed by atoms with Gasteiger partial charge in [0.15, 0.2) is 0 Å². The van der Waals surface area contributed by atoms with Gasteiger partial charge in [-0.15, -0.1) is 0 Å². The fourth-order valence-electron chi connectivity index (χ4n) is 2.75. The Labute approximate surface area is 132 Å². The Morgan fingerprint density at radius 1 is 1.41 bits per heavy atom. The van der Waals surface area contributed by atoms with Crippen LogP contribution in [0, 0.1) is 0 Å².